The molecule has 0 aliphatic heterocycles. The van der Waals surface area contributed by atoms with Gasteiger partial charge in [-0.2, -0.15) is 0 Å². The Kier molecular flexibility index (Phi) is 5.37. The first-order valence-corrected chi connectivity index (χ1v) is 7.01. The van der Waals surface area contributed by atoms with E-state index in [1.54, 1.807) is 13.0 Å². The number of ether oxygens (including phenoxy) is 2. The van der Waals surface area contributed by atoms with Crippen molar-refractivity contribution in [2.75, 3.05) is 6.61 Å². The van der Waals surface area contributed by atoms with E-state index in [0.29, 0.717) is 13.0 Å². The topological polar surface area (TPSA) is 64.6 Å². The smallest absolute Gasteiger partial charge is 0.407 e. The minimum absolute atomic E-state index is 0.202. The maximum Gasteiger partial charge on any atom is 0.407 e. The number of hydrogen-bond donors (Lipinski definition) is 1. The summed E-state index contributed by atoms with van der Waals surface area (Å²) >= 11 is 0. The quantitative estimate of drug-likeness (QED) is 0.668. The third-order valence-electron chi connectivity index (χ3n) is 3.25. The van der Waals surface area contributed by atoms with Gasteiger partial charge in [0.1, 0.15) is 6.61 Å². The van der Waals surface area contributed by atoms with E-state index in [9.17, 15) is 9.59 Å². The van der Waals surface area contributed by atoms with Crippen LogP contribution in [0, 0.1) is 5.92 Å². The molecule has 2 rings (SSSR count). The van der Waals surface area contributed by atoms with Gasteiger partial charge in [-0.05, 0) is 18.9 Å². The Morgan fingerprint density at radius 1 is 1.24 bits per heavy atom. The van der Waals surface area contributed by atoms with Crippen molar-refractivity contribution >= 4 is 12.1 Å². The minimum Gasteiger partial charge on any atom is -0.466 e. The summed E-state index contributed by atoms with van der Waals surface area (Å²) in [5, 5.41) is 2.69. The van der Waals surface area contributed by atoms with Crippen LogP contribution in [0.4, 0.5) is 4.79 Å². The zero-order valence-corrected chi connectivity index (χ0v) is 12.0. The molecule has 21 heavy (non-hydrogen) atoms. The van der Waals surface area contributed by atoms with Crippen molar-refractivity contribution in [3.05, 3.63) is 48.0 Å². The van der Waals surface area contributed by atoms with Gasteiger partial charge in [-0.3, -0.25) is 4.79 Å². The summed E-state index contributed by atoms with van der Waals surface area (Å²) in [6, 6.07) is 9.05. The number of rotatable bonds is 5. The Balaban J connectivity index is 1.81. The lowest BCUT2D eigenvalue weighted by molar-refractivity contribution is -0.148. The summed E-state index contributed by atoms with van der Waals surface area (Å²) in [4.78, 5) is 23.5. The van der Waals surface area contributed by atoms with E-state index in [-0.39, 0.29) is 24.5 Å². The zero-order chi connectivity index (χ0) is 15.1. The lowest BCUT2D eigenvalue weighted by atomic mass is 10.0. The number of carbonyl (C=O) groups is 2. The second-order valence-corrected chi connectivity index (χ2v) is 4.75. The summed E-state index contributed by atoms with van der Waals surface area (Å²) in [6.45, 7) is 2.30. The van der Waals surface area contributed by atoms with Gasteiger partial charge >= 0.3 is 12.1 Å². The van der Waals surface area contributed by atoms with Gasteiger partial charge in [-0.15, -0.1) is 0 Å². The SMILES string of the molecule is CCOC(=O)[C@H]1CC=C[C@@H]1NC(=O)OCc1ccccc1. The number of amides is 1. The molecule has 1 aromatic carbocycles. The van der Waals surface area contributed by atoms with Crippen molar-refractivity contribution in [2.45, 2.75) is 26.0 Å². The second kappa shape index (κ2) is 7.47. The van der Waals surface area contributed by atoms with Gasteiger partial charge < -0.3 is 14.8 Å². The highest BCUT2D eigenvalue weighted by Gasteiger charge is 2.31. The van der Waals surface area contributed by atoms with Gasteiger partial charge in [-0.1, -0.05) is 42.5 Å². The van der Waals surface area contributed by atoms with E-state index in [1.807, 2.05) is 36.4 Å². The molecule has 0 radical (unpaired) electrons. The average molecular weight is 289 g/mol. The number of esters is 1. The van der Waals surface area contributed by atoms with Crippen LogP contribution in [0.5, 0.6) is 0 Å². The van der Waals surface area contributed by atoms with E-state index in [2.05, 4.69) is 5.32 Å². The number of alkyl carbamates (subject to hydrolysis) is 1. The van der Waals surface area contributed by atoms with Crippen molar-refractivity contribution in [1.82, 2.24) is 5.32 Å². The molecule has 1 amide bonds. The molecule has 0 fully saturated rings. The Bertz CT molecular complexity index is 512. The second-order valence-electron chi connectivity index (χ2n) is 4.75. The van der Waals surface area contributed by atoms with Crippen LogP contribution in [-0.4, -0.2) is 24.7 Å². The monoisotopic (exact) mass is 289 g/mol. The van der Waals surface area contributed by atoms with E-state index in [0.717, 1.165) is 5.56 Å². The first-order valence-electron chi connectivity index (χ1n) is 7.01. The van der Waals surface area contributed by atoms with Crippen molar-refractivity contribution < 1.29 is 19.1 Å². The molecule has 0 bridgehead atoms. The van der Waals surface area contributed by atoms with Gasteiger partial charge in [0.05, 0.1) is 18.6 Å². The summed E-state index contributed by atoms with van der Waals surface area (Å²) in [7, 11) is 0. The number of allylic oxidation sites excluding steroid dienone is 1. The van der Waals surface area contributed by atoms with Crippen molar-refractivity contribution in [3.63, 3.8) is 0 Å². The third kappa shape index (κ3) is 4.34. The summed E-state index contributed by atoms with van der Waals surface area (Å²) in [6.07, 6.45) is 3.70. The normalized spacial score (nSPS) is 20.0. The van der Waals surface area contributed by atoms with Crippen LogP contribution in [0.1, 0.15) is 18.9 Å². The first-order chi connectivity index (χ1) is 10.2. The lowest BCUT2D eigenvalue weighted by Gasteiger charge is -2.18. The van der Waals surface area contributed by atoms with Crippen LogP contribution in [0.15, 0.2) is 42.5 Å². The molecule has 1 aliphatic rings. The van der Waals surface area contributed by atoms with E-state index >= 15 is 0 Å². The van der Waals surface area contributed by atoms with Crippen molar-refractivity contribution in [1.29, 1.82) is 0 Å². The van der Waals surface area contributed by atoms with Gasteiger partial charge in [0.25, 0.3) is 0 Å². The molecular weight excluding hydrogens is 270 g/mol. The molecule has 0 spiro atoms. The maximum absolute atomic E-state index is 11.8. The fourth-order valence-electron chi connectivity index (χ4n) is 2.19. The van der Waals surface area contributed by atoms with Crippen LogP contribution in [-0.2, 0) is 20.9 Å². The third-order valence-corrected chi connectivity index (χ3v) is 3.25. The number of hydrogen-bond acceptors (Lipinski definition) is 4. The average Bonchev–Trinajstić information content (AvgIpc) is 2.95. The van der Waals surface area contributed by atoms with Crippen LogP contribution in [0.3, 0.4) is 0 Å². The predicted octanol–water partition coefficient (Wildman–Crippen LogP) is 2.42. The molecule has 112 valence electrons. The van der Waals surface area contributed by atoms with Crippen molar-refractivity contribution in [2.24, 2.45) is 5.92 Å². The molecule has 0 unspecified atom stereocenters. The highest BCUT2D eigenvalue weighted by molar-refractivity contribution is 5.76. The molecule has 5 heteroatoms. The standard InChI is InChI=1S/C16H19NO4/c1-2-20-15(18)13-9-6-10-14(13)17-16(19)21-11-12-7-4-3-5-8-12/h3-8,10,13-14H,2,9,11H2,1H3,(H,17,19)/t13-,14-/m0/s1. The fraction of sp³-hybridized carbons (Fsp3) is 0.375. The minimum atomic E-state index is -0.537. The number of carbonyl (C=O) groups excluding carboxylic acids is 2. The van der Waals surface area contributed by atoms with E-state index in [1.165, 1.54) is 0 Å². The molecule has 0 heterocycles. The number of benzene rings is 1. The largest absolute Gasteiger partial charge is 0.466 e. The molecule has 1 aromatic rings. The highest BCUT2D eigenvalue weighted by Crippen LogP contribution is 2.20. The van der Waals surface area contributed by atoms with E-state index in [4.69, 9.17) is 9.47 Å². The maximum atomic E-state index is 11.8. The zero-order valence-electron chi connectivity index (χ0n) is 12.0. The highest BCUT2D eigenvalue weighted by atomic mass is 16.5. The van der Waals surface area contributed by atoms with E-state index < -0.39 is 6.09 Å². The molecule has 2 atom stereocenters. The van der Waals surface area contributed by atoms with Gasteiger partial charge in [0, 0.05) is 0 Å². The number of nitrogens with one attached hydrogen (secondary N) is 1. The Morgan fingerprint density at radius 2 is 2.00 bits per heavy atom. The molecule has 0 saturated heterocycles. The predicted molar refractivity (Wildman–Crippen MR) is 77.4 cm³/mol. The summed E-state index contributed by atoms with van der Waals surface area (Å²) in [5.41, 5.74) is 0.913. The molecule has 0 saturated carbocycles. The Morgan fingerprint density at radius 3 is 2.71 bits per heavy atom. The summed E-state index contributed by atoms with van der Waals surface area (Å²) in [5.74, 6) is -0.662. The van der Waals surface area contributed by atoms with Crippen LogP contribution in [0.2, 0.25) is 0 Å². The Labute approximate surface area is 123 Å². The fourth-order valence-corrected chi connectivity index (χ4v) is 2.19. The van der Waals surface area contributed by atoms with Crippen LogP contribution in [0.25, 0.3) is 0 Å². The van der Waals surface area contributed by atoms with Crippen LogP contribution >= 0.6 is 0 Å². The lowest BCUT2D eigenvalue weighted by Crippen LogP contribution is -2.40. The first kappa shape index (κ1) is 15.1. The van der Waals surface area contributed by atoms with Crippen molar-refractivity contribution in [3.8, 4) is 0 Å². The molecular formula is C16H19NO4. The molecule has 0 aromatic heterocycles. The molecule has 5 nitrogen and oxygen atoms in total. The van der Waals surface area contributed by atoms with Gasteiger partial charge in [-0.25, -0.2) is 4.79 Å². The van der Waals surface area contributed by atoms with Gasteiger partial charge in [0.15, 0.2) is 0 Å². The van der Waals surface area contributed by atoms with Crippen LogP contribution < -0.4 is 5.32 Å². The molecule has 1 aliphatic carbocycles. The Hall–Kier alpha value is -2.30. The summed E-state index contributed by atoms with van der Waals surface area (Å²) < 4.78 is 10.1. The molecule has 1 N–H and O–H groups in total. The van der Waals surface area contributed by atoms with Gasteiger partial charge in [0.2, 0.25) is 0 Å².